The van der Waals surface area contributed by atoms with E-state index in [1.165, 1.54) is 22.7 Å². The minimum atomic E-state index is 0.0497. The fourth-order valence-corrected chi connectivity index (χ4v) is 3.69. The number of aryl methyl sites for hydroxylation is 1. The molecule has 1 aliphatic rings. The lowest BCUT2D eigenvalue weighted by molar-refractivity contribution is -0.119. The monoisotopic (exact) mass is 392 g/mol. The summed E-state index contributed by atoms with van der Waals surface area (Å²) in [5.74, 6) is 0.846. The Labute approximate surface area is 169 Å². The molecule has 0 unspecified atom stereocenters. The van der Waals surface area contributed by atoms with Gasteiger partial charge in [-0.15, -0.1) is 0 Å². The number of rotatable bonds is 8. The van der Waals surface area contributed by atoms with Crippen LogP contribution in [0.1, 0.15) is 35.4 Å². The highest BCUT2D eigenvalue weighted by Crippen LogP contribution is 2.22. The SMILES string of the molecule is Cc1ccc(Cc2nsc(N(CC(=O)NC3CC3)Cc3ccccc3)n2)cc1. The van der Waals surface area contributed by atoms with Crippen molar-refractivity contribution in [2.24, 2.45) is 0 Å². The smallest absolute Gasteiger partial charge is 0.239 e. The van der Waals surface area contributed by atoms with Gasteiger partial charge in [0.2, 0.25) is 11.0 Å². The van der Waals surface area contributed by atoms with Crippen LogP contribution in [0.5, 0.6) is 0 Å². The van der Waals surface area contributed by atoms with E-state index in [-0.39, 0.29) is 5.91 Å². The van der Waals surface area contributed by atoms with Crippen LogP contribution in [0.25, 0.3) is 0 Å². The Kier molecular flexibility index (Phi) is 5.67. The average Bonchev–Trinajstić information content (AvgIpc) is 3.38. The molecule has 0 atom stereocenters. The van der Waals surface area contributed by atoms with Crippen molar-refractivity contribution in [3.8, 4) is 0 Å². The van der Waals surface area contributed by atoms with Crippen LogP contribution in [0.2, 0.25) is 0 Å². The van der Waals surface area contributed by atoms with Gasteiger partial charge in [-0.2, -0.15) is 4.37 Å². The Morgan fingerprint density at radius 2 is 1.86 bits per heavy atom. The maximum Gasteiger partial charge on any atom is 0.239 e. The van der Waals surface area contributed by atoms with E-state index in [2.05, 4.69) is 53.0 Å². The van der Waals surface area contributed by atoms with Crippen molar-refractivity contribution < 1.29 is 4.79 Å². The molecule has 0 aliphatic heterocycles. The Bertz CT molecular complexity index is 919. The number of carbonyl (C=O) groups excluding carboxylic acids is 1. The normalized spacial score (nSPS) is 13.3. The number of anilines is 1. The fraction of sp³-hybridized carbons (Fsp3) is 0.318. The molecule has 1 amide bonds. The maximum absolute atomic E-state index is 12.4. The van der Waals surface area contributed by atoms with Gasteiger partial charge in [-0.25, -0.2) is 4.98 Å². The molecule has 2 aromatic carbocycles. The zero-order valence-corrected chi connectivity index (χ0v) is 16.8. The summed E-state index contributed by atoms with van der Waals surface area (Å²) < 4.78 is 4.53. The molecule has 28 heavy (non-hydrogen) atoms. The lowest BCUT2D eigenvalue weighted by Gasteiger charge is -2.21. The highest BCUT2D eigenvalue weighted by atomic mass is 32.1. The highest BCUT2D eigenvalue weighted by molar-refractivity contribution is 7.09. The van der Waals surface area contributed by atoms with E-state index in [0.717, 1.165) is 29.4 Å². The maximum atomic E-state index is 12.4. The van der Waals surface area contributed by atoms with Crippen molar-refractivity contribution >= 4 is 22.6 Å². The Balaban J connectivity index is 1.48. The molecular formula is C22H24N4OS. The summed E-state index contributed by atoms with van der Waals surface area (Å²) in [5.41, 5.74) is 3.58. The summed E-state index contributed by atoms with van der Waals surface area (Å²) in [6.07, 6.45) is 2.87. The van der Waals surface area contributed by atoms with Crippen molar-refractivity contribution in [2.75, 3.05) is 11.4 Å². The second-order valence-electron chi connectivity index (χ2n) is 7.34. The first kappa shape index (κ1) is 18.6. The predicted molar refractivity (Wildman–Crippen MR) is 113 cm³/mol. The first-order valence-corrected chi connectivity index (χ1v) is 10.4. The number of hydrogen-bond donors (Lipinski definition) is 1. The van der Waals surface area contributed by atoms with Crippen LogP contribution >= 0.6 is 11.5 Å². The molecule has 1 aliphatic carbocycles. The second-order valence-corrected chi connectivity index (χ2v) is 8.07. The predicted octanol–water partition coefficient (Wildman–Crippen LogP) is 3.72. The van der Waals surface area contributed by atoms with Gasteiger partial charge in [0, 0.05) is 30.5 Å². The van der Waals surface area contributed by atoms with Crippen molar-refractivity contribution in [2.45, 2.75) is 38.8 Å². The number of benzene rings is 2. The summed E-state index contributed by atoms with van der Waals surface area (Å²) in [7, 11) is 0. The van der Waals surface area contributed by atoms with Crippen LogP contribution in [0.4, 0.5) is 5.13 Å². The van der Waals surface area contributed by atoms with Gasteiger partial charge in [0.1, 0.15) is 5.82 Å². The molecule has 1 aromatic heterocycles. The summed E-state index contributed by atoms with van der Waals surface area (Å²) in [6.45, 7) is 3.01. The van der Waals surface area contributed by atoms with E-state index in [0.29, 0.717) is 25.6 Å². The van der Waals surface area contributed by atoms with E-state index < -0.39 is 0 Å². The van der Waals surface area contributed by atoms with Crippen molar-refractivity contribution in [3.05, 3.63) is 77.1 Å². The number of hydrogen-bond acceptors (Lipinski definition) is 5. The van der Waals surface area contributed by atoms with E-state index in [4.69, 9.17) is 4.98 Å². The van der Waals surface area contributed by atoms with Crippen molar-refractivity contribution in [3.63, 3.8) is 0 Å². The van der Waals surface area contributed by atoms with Gasteiger partial charge < -0.3 is 10.2 Å². The Hall–Kier alpha value is -2.73. The van der Waals surface area contributed by atoms with Crippen molar-refractivity contribution in [1.29, 1.82) is 0 Å². The number of nitrogens with zero attached hydrogens (tertiary/aromatic N) is 3. The van der Waals surface area contributed by atoms with Gasteiger partial charge >= 0.3 is 0 Å². The molecule has 1 fully saturated rings. The summed E-state index contributed by atoms with van der Waals surface area (Å²) in [5, 5.41) is 3.86. The van der Waals surface area contributed by atoms with Gasteiger partial charge in [0.25, 0.3) is 0 Å². The number of amides is 1. The van der Waals surface area contributed by atoms with E-state index in [1.54, 1.807) is 0 Å². The number of nitrogens with one attached hydrogen (secondary N) is 1. The molecule has 5 nitrogen and oxygen atoms in total. The van der Waals surface area contributed by atoms with Gasteiger partial charge in [-0.1, -0.05) is 60.2 Å². The molecular weight excluding hydrogens is 368 g/mol. The van der Waals surface area contributed by atoms with Crippen LogP contribution < -0.4 is 10.2 Å². The average molecular weight is 393 g/mol. The third kappa shape index (κ3) is 5.16. The first-order valence-electron chi connectivity index (χ1n) is 9.62. The zero-order valence-electron chi connectivity index (χ0n) is 16.0. The topological polar surface area (TPSA) is 58.1 Å². The summed E-state index contributed by atoms with van der Waals surface area (Å²) in [4.78, 5) is 19.1. The molecule has 6 heteroatoms. The molecule has 0 spiro atoms. The third-order valence-electron chi connectivity index (χ3n) is 4.70. The molecule has 1 heterocycles. The molecule has 1 saturated carbocycles. The quantitative estimate of drug-likeness (QED) is 0.635. The highest BCUT2D eigenvalue weighted by Gasteiger charge is 2.25. The van der Waals surface area contributed by atoms with Gasteiger partial charge in [0.15, 0.2) is 0 Å². The third-order valence-corrected chi connectivity index (χ3v) is 5.52. The van der Waals surface area contributed by atoms with Crippen LogP contribution in [0, 0.1) is 6.92 Å². The standard InChI is InChI=1S/C22H24N4OS/c1-16-7-9-17(10-8-16)13-20-24-22(28-25-20)26(14-18-5-3-2-4-6-18)15-21(27)23-19-11-12-19/h2-10,19H,11-15H2,1H3,(H,23,27). The minimum absolute atomic E-state index is 0.0497. The fourth-order valence-electron chi connectivity index (χ4n) is 3.00. The van der Waals surface area contributed by atoms with Crippen LogP contribution in [-0.4, -0.2) is 27.9 Å². The van der Waals surface area contributed by atoms with Gasteiger partial charge in [-0.05, 0) is 30.9 Å². The van der Waals surface area contributed by atoms with Gasteiger partial charge in [-0.3, -0.25) is 4.79 Å². The molecule has 0 radical (unpaired) electrons. The Morgan fingerprint density at radius 3 is 2.57 bits per heavy atom. The molecule has 144 valence electrons. The molecule has 0 saturated heterocycles. The van der Waals surface area contributed by atoms with E-state index in [9.17, 15) is 4.79 Å². The second kappa shape index (κ2) is 8.52. The molecule has 0 bridgehead atoms. The van der Waals surface area contributed by atoms with E-state index in [1.807, 2.05) is 23.1 Å². The Morgan fingerprint density at radius 1 is 1.11 bits per heavy atom. The first-order chi connectivity index (χ1) is 13.7. The van der Waals surface area contributed by atoms with Crippen molar-refractivity contribution in [1.82, 2.24) is 14.7 Å². The number of carbonyl (C=O) groups is 1. The molecule has 3 aromatic rings. The zero-order chi connectivity index (χ0) is 19.3. The summed E-state index contributed by atoms with van der Waals surface area (Å²) >= 11 is 1.36. The lowest BCUT2D eigenvalue weighted by atomic mass is 10.1. The van der Waals surface area contributed by atoms with Crippen LogP contribution in [0.3, 0.4) is 0 Å². The largest absolute Gasteiger partial charge is 0.352 e. The summed E-state index contributed by atoms with van der Waals surface area (Å²) in [6, 6.07) is 19.0. The van der Waals surface area contributed by atoms with Crippen LogP contribution in [0.15, 0.2) is 54.6 Å². The molecule has 1 N–H and O–H groups in total. The van der Waals surface area contributed by atoms with Gasteiger partial charge in [0.05, 0.1) is 6.54 Å². The number of aromatic nitrogens is 2. The van der Waals surface area contributed by atoms with E-state index >= 15 is 0 Å². The molecule has 4 rings (SSSR count). The lowest BCUT2D eigenvalue weighted by Crippen LogP contribution is -2.38. The minimum Gasteiger partial charge on any atom is -0.352 e. The van der Waals surface area contributed by atoms with Crippen LogP contribution in [-0.2, 0) is 17.8 Å².